The Balaban J connectivity index is 5.07. The maximum atomic E-state index is 12.6. The smallest absolute Gasteiger partial charge is 0.225 e. The Morgan fingerprint density at radius 3 is 1.36 bits per heavy atom. The van der Waals surface area contributed by atoms with Crippen LogP contribution in [0, 0.1) is 0 Å². The van der Waals surface area contributed by atoms with E-state index >= 15 is 0 Å². The minimum Gasteiger partial charge on any atom is -0.225 e. The molecule has 0 saturated heterocycles. The van der Waals surface area contributed by atoms with Gasteiger partial charge in [-0.2, -0.15) is 22.0 Å². The van der Waals surface area contributed by atoms with Crippen LogP contribution < -0.4 is 0 Å². The first-order valence-electron chi connectivity index (χ1n) is 3.02. The van der Waals surface area contributed by atoms with Crippen LogP contribution in [-0.4, -0.2) is 23.7 Å². The fourth-order valence-corrected chi connectivity index (χ4v) is 0.789. The first-order chi connectivity index (χ1) is 5.92. The molecular weight excluding hydrogens is 247 g/mol. The first-order valence-corrected chi connectivity index (χ1v) is 3.40. The van der Waals surface area contributed by atoms with Gasteiger partial charge in [0.1, 0.15) is 0 Å². The summed E-state index contributed by atoms with van der Waals surface area (Å²) in [5, 5.41) is -5.43. The number of alkyl halides is 9. The van der Waals surface area contributed by atoms with E-state index in [1.54, 1.807) is 0 Å². The largest absolute Gasteiger partial charge is 0.430 e. The molecule has 0 saturated carbocycles. The van der Waals surface area contributed by atoms with Crippen molar-refractivity contribution in [2.75, 3.05) is 0 Å². The molecular formula is C5H3ClF8. The second-order valence-electron chi connectivity index (χ2n) is 2.39. The van der Waals surface area contributed by atoms with Crippen molar-refractivity contribution in [3.05, 3.63) is 0 Å². The van der Waals surface area contributed by atoms with Crippen LogP contribution in [0.3, 0.4) is 0 Å². The molecule has 0 spiro atoms. The highest BCUT2D eigenvalue weighted by Gasteiger charge is 2.71. The van der Waals surface area contributed by atoms with E-state index in [1.165, 1.54) is 0 Å². The van der Waals surface area contributed by atoms with Crippen LogP contribution in [0.4, 0.5) is 35.1 Å². The zero-order valence-corrected chi connectivity index (χ0v) is 6.94. The van der Waals surface area contributed by atoms with Crippen LogP contribution in [0.2, 0.25) is 0 Å². The van der Waals surface area contributed by atoms with Gasteiger partial charge in [0, 0.05) is 0 Å². The third-order valence-corrected chi connectivity index (χ3v) is 1.63. The molecule has 0 aromatic heterocycles. The van der Waals surface area contributed by atoms with Crippen molar-refractivity contribution in [1.29, 1.82) is 0 Å². The third kappa shape index (κ3) is 2.61. The number of rotatable bonds is 3. The maximum absolute atomic E-state index is 12.6. The highest BCUT2D eigenvalue weighted by Crippen LogP contribution is 2.50. The molecule has 0 N–H and O–H groups in total. The summed E-state index contributed by atoms with van der Waals surface area (Å²) in [6, 6.07) is 0. The topological polar surface area (TPSA) is 0 Å². The van der Waals surface area contributed by atoms with Gasteiger partial charge in [0.15, 0.2) is 0 Å². The summed E-state index contributed by atoms with van der Waals surface area (Å²) in [5.74, 6) is 0. The van der Waals surface area contributed by atoms with Gasteiger partial charge in [-0.25, -0.2) is 13.2 Å². The summed E-state index contributed by atoms with van der Waals surface area (Å²) < 4.78 is 94.5. The van der Waals surface area contributed by atoms with Gasteiger partial charge >= 0.3 is 11.6 Å². The van der Waals surface area contributed by atoms with E-state index in [2.05, 4.69) is 11.6 Å². The molecule has 14 heavy (non-hydrogen) atoms. The van der Waals surface area contributed by atoms with E-state index in [4.69, 9.17) is 0 Å². The van der Waals surface area contributed by atoms with E-state index < -0.39 is 30.1 Å². The minimum absolute atomic E-state index is 2.70. The van der Waals surface area contributed by atoms with E-state index in [0.29, 0.717) is 0 Å². The van der Waals surface area contributed by atoms with Gasteiger partial charge in [-0.15, -0.1) is 0 Å². The first kappa shape index (κ1) is 13.7. The lowest BCUT2D eigenvalue weighted by molar-refractivity contribution is -0.288. The molecule has 0 aliphatic rings. The zero-order valence-electron chi connectivity index (χ0n) is 6.19. The van der Waals surface area contributed by atoms with Crippen LogP contribution in [0.15, 0.2) is 0 Å². The van der Waals surface area contributed by atoms with Crippen molar-refractivity contribution in [1.82, 2.24) is 0 Å². The Labute approximate surface area is 77.8 Å². The molecule has 0 fully saturated rings. The lowest BCUT2D eigenvalue weighted by Crippen LogP contribution is -2.53. The highest BCUT2D eigenvalue weighted by molar-refractivity contribution is 6.22. The average molecular weight is 251 g/mol. The molecule has 1 unspecified atom stereocenters. The zero-order chi connectivity index (χ0) is 11.8. The van der Waals surface area contributed by atoms with Crippen LogP contribution in [0.25, 0.3) is 0 Å². The Bertz CT molecular complexity index is 177. The van der Waals surface area contributed by atoms with Crippen molar-refractivity contribution in [3.8, 4) is 0 Å². The summed E-state index contributed by atoms with van der Waals surface area (Å²) >= 11 is 3.81. The SMILES string of the molecule is FC(F)CC(F)(C(F)(F)F)C(F)(F)Cl. The summed E-state index contributed by atoms with van der Waals surface area (Å²) in [7, 11) is 0. The molecule has 0 aromatic carbocycles. The lowest BCUT2D eigenvalue weighted by Gasteiger charge is -2.30. The van der Waals surface area contributed by atoms with Crippen molar-refractivity contribution in [3.63, 3.8) is 0 Å². The molecule has 9 heteroatoms. The van der Waals surface area contributed by atoms with Crippen LogP contribution in [0.1, 0.15) is 6.42 Å². The van der Waals surface area contributed by atoms with Crippen LogP contribution >= 0.6 is 11.6 Å². The quantitative estimate of drug-likeness (QED) is 0.529. The molecule has 0 radical (unpaired) electrons. The molecule has 1 atom stereocenters. The van der Waals surface area contributed by atoms with Crippen molar-refractivity contribution >= 4 is 11.6 Å². The average Bonchev–Trinajstić information content (AvgIpc) is 1.79. The third-order valence-electron chi connectivity index (χ3n) is 1.33. The minimum atomic E-state index is -6.16. The summed E-state index contributed by atoms with van der Waals surface area (Å²) in [6.45, 7) is 0. The van der Waals surface area contributed by atoms with Crippen LogP contribution in [0.5, 0.6) is 0 Å². The molecule has 0 rings (SSSR count). The second-order valence-corrected chi connectivity index (χ2v) is 2.87. The summed E-state index contributed by atoms with van der Waals surface area (Å²) in [6.07, 6.45) is -12.7. The summed E-state index contributed by atoms with van der Waals surface area (Å²) in [5.41, 5.74) is -5.42. The summed E-state index contributed by atoms with van der Waals surface area (Å²) in [4.78, 5) is 0. The van der Waals surface area contributed by atoms with Gasteiger partial charge < -0.3 is 0 Å². The fraction of sp³-hybridized carbons (Fsp3) is 1.00. The van der Waals surface area contributed by atoms with E-state index in [0.717, 1.165) is 0 Å². The highest BCUT2D eigenvalue weighted by atomic mass is 35.5. The molecule has 0 aliphatic heterocycles. The molecule has 0 aliphatic carbocycles. The standard InChI is InChI=1S/C5H3ClF8/c6-4(10,11)3(9,1-2(7)8)5(12,13)14/h2H,1H2. The second kappa shape index (κ2) is 3.71. The normalized spacial score (nSPS) is 18.4. The molecule has 86 valence electrons. The van der Waals surface area contributed by atoms with Crippen molar-refractivity contribution in [2.45, 2.75) is 30.1 Å². The molecule has 0 bridgehead atoms. The fourth-order valence-electron chi connectivity index (χ4n) is 0.605. The molecule has 0 amide bonds. The Morgan fingerprint density at radius 1 is 0.929 bits per heavy atom. The van der Waals surface area contributed by atoms with E-state index in [-0.39, 0.29) is 0 Å². The van der Waals surface area contributed by atoms with Gasteiger partial charge in [0.05, 0.1) is 6.42 Å². The Hall–Kier alpha value is -0.270. The monoisotopic (exact) mass is 250 g/mol. The van der Waals surface area contributed by atoms with Gasteiger partial charge in [-0.3, -0.25) is 0 Å². The van der Waals surface area contributed by atoms with Crippen molar-refractivity contribution in [2.24, 2.45) is 0 Å². The van der Waals surface area contributed by atoms with Gasteiger partial charge in [0.25, 0.3) is 5.67 Å². The number of halogens is 9. The Morgan fingerprint density at radius 2 is 1.29 bits per heavy atom. The maximum Gasteiger partial charge on any atom is 0.430 e. The molecule has 0 heterocycles. The van der Waals surface area contributed by atoms with Crippen molar-refractivity contribution < 1.29 is 35.1 Å². The van der Waals surface area contributed by atoms with Crippen LogP contribution in [-0.2, 0) is 0 Å². The predicted molar refractivity (Wildman–Crippen MR) is 31.3 cm³/mol. The lowest BCUT2D eigenvalue weighted by atomic mass is 10.0. The van der Waals surface area contributed by atoms with Gasteiger partial charge in [-0.05, 0) is 11.6 Å². The number of hydrogen-bond acceptors (Lipinski definition) is 0. The Kier molecular flexibility index (Phi) is 3.64. The molecule has 0 nitrogen and oxygen atoms in total. The van der Waals surface area contributed by atoms with Gasteiger partial charge in [0.2, 0.25) is 6.43 Å². The predicted octanol–water partition coefficient (Wildman–Crippen LogP) is 3.74. The number of hydrogen-bond donors (Lipinski definition) is 0. The van der Waals surface area contributed by atoms with E-state index in [1.807, 2.05) is 0 Å². The molecule has 0 aromatic rings. The van der Waals surface area contributed by atoms with Gasteiger partial charge in [-0.1, -0.05) is 0 Å². The van der Waals surface area contributed by atoms with E-state index in [9.17, 15) is 35.1 Å².